The van der Waals surface area contributed by atoms with E-state index in [1.165, 1.54) is 17.7 Å². The summed E-state index contributed by atoms with van der Waals surface area (Å²) in [5.41, 5.74) is 2.78. The number of aryl methyl sites for hydroxylation is 1. The van der Waals surface area contributed by atoms with E-state index < -0.39 is 0 Å². The highest BCUT2D eigenvalue weighted by atomic mass is 16.5. The van der Waals surface area contributed by atoms with Crippen LogP contribution in [0.3, 0.4) is 0 Å². The maximum Gasteiger partial charge on any atom is 0.250 e. The zero-order valence-electron chi connectivity index (χ0n) is 11.4. The molecule has 1 saturated heterocycles. The zero-order valence-corrected chi connectivity index (χ0v) is 11.4. The average molecular weight is 262 g/mol. The van der Waals surface area contributed by atoms with Gasteiger partial charge in [-0.15, -0.1) is 0 Å². The van der Waals surface area contributed by atoms with Gasteiger partial charge in [0.25, 0.3) is 5.56 Å². The fourth-order valence-electron chi connectivity index (χ4n) is 3.16. The van der Waals surface area contributed by atoms with Crippen molar-refractivity contribution in [2.75, 3.05) is 19.8 Å². The van der Waals surface area contributed by atoms with Crippen molar-refractivity contribution in [3.8, 4) is 0 Å². The van der Waals surface area contributed by atoms with Gasteiger partial charge in [-0.05, 0) is 37.7 Å². The van der Waals surface area contributed by atoms with Gasteiger partial charge in [-0.1, -0.05) is 6.07 Å². The minimum Gasteiger partial charge on any atom is -0.381 e. The Morgan fingerprint density at radius 3 is 2.95 bits per heavy atom. The molecule has 0 radical (unpaired) electrons. The second-order valence-electron chi connectivity index (χ2n) is 5.49. The first-order chi connectivity index (χ1) is 9.34. The van der Waals surface area contributed by atoms with Gasteiger partial charge in [0.2, 0.25) is 0 Å². The highest BCUT2D eigenvalue weighted by Gasteiger charge is 2.16. The lowest BCUT2D eigenvalue weighted by molar-refractivity contribution is 0.0778. The van der Waals surface area contributed by atoms with Crippen LogP contribution >= 0.6 is 0 Å². The zero-order chi connectivity index (χ0) is 13.1. The van der Waals surface area contributed by atoms with Crippen LogP contribution in [0.25, 0.3) is 0 Å². The van der Waals surface area contributed by atoms with Gasteiger partial charge in [0.15, 0.2) is 0 Å². The van der Waals surface area contributed by atoms with E-state index in [0.29, 0.717) is 6.04 Å². The Hall–Kier alpha value is -1.13. The summed E-state index contributed by atoms with van der Waals surface area (Å²) < 4.78 is 7.32. The SMILES string of the molecule is O=c1ccc2c(n1CCNC1CCOCC1)CCC2. The Kier molecular flexibility index (Phi) is 3.99. The Labute approximate surface area is 113 Å². The lowest BCUT2D eigenvalue weighted by atomic mass is 10.1. The first kappa shape index (κ1) is 12.9. The molecule has 0 bridgehead atoms. The Morgan fingerprint density at radius 1 is 1.26 bits per heavy atom. The molecule has 2 aliphatic rings. The molecule has 1 N–H and O–H groups in total. The molecular weight excluding hydrogens is 240 g/mol. The number of rotatable bonds is 4. The topological polar surface area (TPSA) is 43.3 Å². The number of ether oxygens (including phenoxy) is 1. The van der Waals surface area contributed by atoms with E-state index in [4.69, 9.17) is 4.74 Å². The van der Waals surface area contributed by atoms with Crippen LogP contribution in [0.2, 0.25) is 0 Å². The molecule has 1 fully saturated rings. The van der Waals surface area contributed by atoms with Crippen molar-refractivity contribution in [2.24, 2.45) is 0 Å². The third-order valence-electron chi connectivity index (χ3n) is 4.24. The molecule has 0 aromatic carbocycles. The van der Waals surface area contributed by atoms with Gasteiger partial charge in [-0.2, -0.15) is 0 Å². The number of aromatic nitrogens is 1. The van der Waals surface area contributed by atoms with Crippen LogP contribution in [0.1, 0.15) is 30.5 Å². The van der Waals surface area contributed by atoms with Crippen LogP contribution in [0.5, 0.6) is 0 Å². The molecule has 0 unspecified atom stereocenters. The lowest BCUT2D eigenvalue weighted by Crippen LogP contribution is -2.38. The summed E-state index contributed by atoms with van der Waals surface area (Å²) in [5.74, 6) is 0. The molecule has 1 aromatic rings. The molecule has 4 heteroatoms. The smallest absolute Gasteiger partial charge is 0.250 e. The van der Waals surface area contributed by atoms with Crippen molar-refractivity contribution in [2.45, 2.75) is 44.7 Å². The van der Waals surface area contributed by atoms with Gasteiger partial charge in [0.05, 0.1) is 0 Å². The third-order valence-corrected chi connectivity index (χ3v) is 4.24. The number of hydrogen-bond donors (Lipinski definition) is 1. The first-order valence-electron chi connectivity index (χ1n) is 7.37. The number of hydrogen-bond acceptors (Lipinski definition) is 3. The monoisotopic (exact) mass is 262 g/mol. The van der Waals surface area contributed by atoms with E-state index in [-0.39, 0.29) is 5.56 Å². The minimum atomic E-state index is 0.148. The standard InChI is InChI=1S/C15H22N2O2/c18-15-5-4-12-2-1-3-14(12)17(15)9-8-16-13-6-10-19-11-7-13/h4-5,13,16H,1-3,6-11H2. The van der Waals surface area contributed by atoms with E-state index in [0.717, 1.165) is 52.0 Å². The summed E-state index contributed by atoms with van der Waals surface area (Å²) in [6, 6.07) is 4.28. The van der Waals surface area contributed by atoms with Crippen LogP contribution < -0.4 is 10.9 Å². The van der Waals surface area contributed by atoms with Gasteiger partial charge in [-0.3, -0.25) is 4.79 Å². The van der Waals surface area contributed by atoms with Crippen molar-refractivity contribution in [3.05, 3.63) is 33.7 Å². The van der Waals surface area contributed by atoms with Crippen LogP contribution in [0.15, 0.2) is 16.9 Å². The molecule has 2 heterocycles. The normalized spacial score (nSPS) is 19.6. The van der Waals surface area contributed by atoms with Gasteiger partial charge < -0.3 is 14.6 Å². The summed E-state index contributed by atoms with van der Waals surface area (Å²) in [4.78, 5) is 12.0. The molecule has 0 atom stereocenters. The van der Waals surface area contributed by atoms with Crippen molar-refractivity contribution in [1.29, 1.82) is 0 Å². The van der Waals surface area contributed by atoms with Crippen LogP contribution in [-0.4, -0.2) is 30.4 Å². The quantitative estimate of drug-likeness (QED) is 0.884. The molecule has 1 aliphatic carbocycles. The van der Waals surface area contributed by atoms with Crippen LogP contribution in [0.4, 0.5) is 0 Å². The molecule has 0 saturated carbocycles. The molecule has 0 spiro atoms. The Bertz CT molecular complexity index is 489. The van der Waals surface area contributed by atoms with Gasteiger partial charge in [0.1, 0.15) is 0 Å². The van der Waals surface area contributed by atoms with E-state index in [1.807, 2.05) is 10.6 Å². The van der Waals surface area contributed by atoms with Crippen LogP contribution in [0, 0.1) is 0 Å². The summed E-state index contributed by atoms with van der Waals surface area (Å²) in [6.45, 7) is 3.39. The maximum atomic E-state index is 12.0. The number of nitrogens with one attached hydrogen (secondary N) is 1. The first-order valence-corrected chi connectivity index (χ1v) is 7.37. The highest BCUT2D eigenvalue weighted by Crippen LogP contribution is 2.19. The van der Waals surface area contributed by atoms with Gasteiger partial charge in [0, 0.05) is 44.1 Å². The Morgan fingerprint density at radius 2 is 2.11 bits per heavy atom. The Balaban J connectivity index is 1.61. The maximum absolute atomic E-state index is 12.0. The van der Waals surface area contributed by atoms with Crippen LogP contribution in [-0.2, 0) is 24.1 Å². The van der Waals surface area contributed by atoms with E-state index in [9.17, 15) is 4.79 Å². The van der Waals surface area contributed by atoms with E-state index >= 15 is 0 Å². The molecule has 1 aliphatic heterocycles. The lowest BCUT2D eigenvalue weighted by Gasteiger charge is -2.23. The molecule has 4 nitrogen and oxygen atoms in total. The minimum absolute atomic E-state index is 0.148. The van der Waals surface area contributed by atoms with Gasteiger partial charge >= 0.3 is 0 Å². The molecule has 19 heavy (non-hydrogen) atoms. The molecule has 1 aromatic heterocycles. The predicted octanol–water partition coefficient (Wildman–Crippen LogP) is 1.11. The summed E-state index contributed by atoms with van der Waals surface area (Å²) >= 11 is 0. The molecule has 3 rings (SSSR count). The third kappa shape index (κ3) is 2.90. The second kappa shape index (κ2) is 5.88. The summed E-state index contributed by atoms with van der Waals surface area (Å²) in [7, 11) is 0. The summed E-state index contributed by atoms with van der Waals surface area (Å²) in [6.07, 6.45) is 5.54. The van der Waals surface area contributed by atoms with Crippen molar-refractivity contribution in [1.82, 2.24) is 9.88 Å². The fraction of sp³-hybridized carbons (Fsp3) is 0.667. The van der Waals surface area contributed by atoms with Crippen molar-refractivity contribution in [3.63, 3.8) is 0 Å². The largest absolute Gasteiger partial charge is 0.381 e. The molecule has 104 valence electrons. The number of fused-ring (bicyclic) bond motifs is 1. The van der Waals surface area contributed by atoms with Gasteiger partial charge in [-0.25, -0.2) is 0 Å². The van der Waals surface area contributed by atoms with E-state index in [1.54, 1.807) is 6.07 Å². The van der Waals surface area contributed by atoms with E-state index in [2.05, 4.69) is 5.32 Å². The van der Waals surface area contributed by atoms with Crippen molar-refractivity contribution >= 4 is 0 Å². The predicted molar refractivity (Wildman–Crippen MR) is 74.6 cm³/mol. The van der Waals surface area contributed by atoms with Crippen molar-refractivity contribution < 1.29 is 4.74 Å². The fourth-order valence-corrected chi connectivity index (χ4v) is 3.16. The molecular formula is C15H22N2O2. The average Bonchev–Trinajstić information content (AvgIpc) is 2.91. The highest BCUT2D eigenvalue weighted by molar-refractivity contribution is 5.25. The summed E-state index contributed by atoms with van der Waals surface area (Å²) in [5, 5.41) is 3.55. The number of pyridine rings is 1. The second-order valence-corrected chi connectivity index (χ2v) is 5.49. The number of nitrogens with zero attached hydrogens (tertiary/aromatic N) is 1. The molecule has 0 amide bonds.